The normalized spacial score (nSPS) is 24.2. The third kappa shape index (κ3) is 4.63. The summed E-state index contributed by atoms with van der Waals surface area (Å²) in [6.45, 7) is 3.20. The first-order valence-corrected chi connectivity index (χ1v) is 8.58. The van der Waals surface area contributed by atoms with Gasteiger partial charge in [-0.2, -0.15) is 0 Å². The Morgan fingerprint density at radius 3 is 2.72 bits per heavy atom. The molecule has 2 heterocycles. The fourth-order valence-electron chi connectivity index (χ4n) is 3.80. The molecule has 0 aromatic heterocycles. The van der Waals surface area contributed by atoms with Gasteiger partial charge in [0.1, 0.15) is 11.6 Å². The molecule has 1 aromatic rings. The Morgan fingerprint density at radius 1 is 1.32 bits per heavy atom. The van der Waals surface area contributed by atoms with Crippen molar-refractivity contribution in [1.82, 2.24) is 5.32 Å². The van der Waals surface area contributed by atoms with Crippen molar-refractivity contribution in [2.45, 2.75) is 31.0 Å². The number of hydrogen-bond acceptors (Lipinski definition) is 5. The molecule has 0 saturated carbocycles. The molecule has 3 rings (SSSR count). The lowest BCUT2D eigenvalue weighted by Crippen LogP contribution is -2.59. The Kier molecular flexibility index (Phi) is 7.46. The third-order valence-electron chi connectivity index (χ3n) is 5.13. The monoisotopic (exact) mass is 375 g/mol. The average molecular weight is 376 g/mol. The molecule has 2 aliphatic rings. The number of morpholine rings is 1. The Bertz CT molecular complexity index is 530. The van der Waals surface area contributed by atoms with E-state index in [1.165, 1.54) is 12.1 Å². The lowest BCUT2D eigenvalue weighted by atomic mass is 9.74. The molecule has 0 spiro atoms. The Morgan fingerprint density at radius 2 is 2.08 bits per heavy atom. The molecule has 7 heteroatoms. The molecule has 5 nitrogen and oxygen atoms in total. The first kappa shape index (κ1) is 20.4. The Labute approximate surface area is 154 Å². The van der Waals surface area contributed by atoms with E-state index in [4.69, 9.17) is 14.2 Å². The molecule has 1 aromatic carbocycles. The second kappa shape index (κ2) is 9.14. The zero-order valence-electron chi connectivity index (χ0n) is 14.5. The molecule has 0 aliphatic carbocycles. The van der Waals surface area contributed by atoms with Crippen LogP contribution in [0.5, 0.6) is 5.75 Å². The first-order valence-electron chi connectivity index (χ1n) is 8.58. The standard InChI is InChI=1S/C18H26FNO4.ClH/c1-22-16-3-2-15(19)10-13(16)11-18(21,14-4-7-23-8-5-14)17-12-20-6-9-24-17;/h2-3,10,14,17,20-21H,4-9,11-12H2,1H3;1H/t17-,18?;/m0./s1. The van der Waals surface area contributed by atoms with Gasteiger partial charge in [0, 0.05) is 32.7 Å². The maximum Gasteiger partial charge on any atom is 0.123 e. The molecule has 0 bridgehead atoms. The number of halogens is 2. The van der Waals surface area contributed by atoms with Gasteiger partial charge in [0.15, 0.2) is 0 Å². The third-order valence-corrected chi connectivity index (χ3v) is 5.13. The highest BCUT2D eigenvalue weighted by Crippen LogP contribution is 2.37. The quantitative estimate of drug-likeness (QED) is 0.823. The number of hydrogen-bond donors (Lipinski definition) is 2. The van der Waals surface area contributed by atoms with Crippen molar-refractivity contribution in [3.05, 3.63) is 29.6 Å². The molecule has 2 atom stereocenters. The molecular weight excluding hydrogens is 349 g/mol. The van der Waals surface area contributed by atoms with Crippen molar-refractivity contribution in [2.24, 2.45) is 5.92 Å². The van der Waals surface area contributed by atoms with Crippen LogP contribution in [0.25, 0.3) is 0 Å². The van der Waals surface area contributed by atoms with Gasteiger partial charge in [-0.1, -0.05) is 0 Å². The van der Waals surface area contributed by atoms with Crippen molar-refractivity contribution in [3.8, 4) is 5.75 Å². The smallest absolute Gasteiger partial charge is 0.123 e. The predicted octanol–water partition coefficient (Wildman–Crippen LogP) is 1.94. The second-order valence-corrected chi connectivity index (χ2v) is 6.57. The molecule has 25 heavy (non-hydrogen) atoms. The van der Waals surface area contributed by atoms with Crippen molar-refractivity contribution in [3.63, 3.8) is 0 Å². The maximum absolute atomic E-state index is 13.7. The van der Waals surface area contributed by atoms with Gasteiger partial charge in [-0.05, 0) is 42.5 Å². The van der Waals surface area contributed by atoms with Crippen LogP contribution >= 0.6 is 12.4 Å². The van der Waals surface area contributed by atoms with E-state index >= 15 is 0 Å². The first-order chi connectivity index (χ1) is 11.6. The van der Waals surface area contributed by atoms with Crippen LogP contribution in [0.3, 0.4) is 0 Å². The van der Waals surface area contributed by atoms with Gasteiger partial charge in [0.05, 0.1) is 25.4 Å². The highest BCUT2D eigenvalue weighted by Gasteiger charge is 2.46. The van der Waals surface area contributed by atoms with Crippen LogP contribution in [0, 0.1) is 11.7 Å². The summed E-state index contributed by atoms with van der Waals surface area (Å²) in [6.07, 6.45) is 1.51. The average Bonchev–Trinajstić information content (AvgIpc) is 2.63. The highest BCUT2D eigenvalue weighted by molar-refractivity contribution is 5.85. The van der Waals surface area contributed by atoms with Gasteiger partial charge in [-0.15, -0.1) is 12.4 Å². The number of ether oxygens (including phenoxy) is 3. The summed E-state index contributed by atoms with van der Waals surface area (Å²) < 4.78 is 30.4. The lowest BCUT2D eigenvalue weighted by molar-refractivity contribution is -0.163. The van der Waals surface area contributed by atoms with E-state index in [0.29, 0.717) is 44.1 Å². The van der Waals surface area contributed by atoms with Crippen molar-refractivity contribution in [2.75, 3.05) is 40.0 Å². The molecular formula is C18H27ClFNO4. The molecule has 2 saturated heterocycles. The maximum atomic E-state index is 13.7. The van der Waals surface area contributed by atoms with Crippen molar-refractivity contribution < 1.29 is 23.7 Å². The van der Waals surface area contributed by atoms with Gasteiger partial charge >= 0.3 is 0 Å². The Balaban J connectivity index is 0.00000225. The van der Waals surface area contributed by atoms with E-state index < -0.39 is 5.60 Å². The van der Waals surface area contributed by atoms with E-state index in [1.54, 1.807) is 13.2 Å². The van der Waals surface area contributed by atoms with Crippen LogP contribution < -0.4 is 10.1 Å². The predicted molar refractivity (Wildman–Crippen MR) is 95.0 cm³/mol. The molecule has 2 N–H and O–H groups in total. The molecule has 2 fully saturated rings. The highest BCUT2D eigenvalue weighted by atomic mass is 35.5. The van der Waals surface area contributed by atoms with Gasteiger partial charge < -0.3 is 24.6 Å². The van der Waals surface area contributed by atoms with Crippen LogP contribution in [-0.2, 0) is 15.9 Å². The van der Waals surface area contributed by atoms with E-state index in [2.05, 4.69) is 5.32 Å². The van der Waals surface area contributed by atoms with Crippen LogP contribution in [0.15, 0.2) is 18.2 Å². The van der Waals surface area contributed by atoms with Crippen LogP contribution in [0.4, 0.5) is 4.39 Å². The van der Waals surface area contributed by atoms with Crippen molar-refractivity contribution >= 4 is 12.4 Å². The lowest BCUT2D eigenvalue weighted by Gasteiger charge is -2.45. The Hall–Kier alpha value is -0.920. The zero-order valence-corrected chi connectivity index (χ0v) is 15.3. The topological polar surface area (TPSA) is 60.0 Å². The minimum absolute atomic E-state index is 0. The summed E-state index contributed by atoms with van der Waals surface area (Å²) >= 11 is 0. The van der Waals surface area contributed by atoms with Gasteiger partial charge in [0.2, 0.25) is 0 Å². The van der Waals surface area contributed by atoms with E-state index in [-0.39, 0.29) is 30.2 Å². The van der Waals surface area contributed by atoms with Crippen LogP contribution in [0.1, 0.15) is 18.4 Å². The van der Waals surface area contributed by atoms with Gasteiger partial charge in [-0.3, -0.25) is 0 Å². The minimum atomic E-state index is -1.09. The fourth-order valence-corrected chi connectivity index (χ4v) is 3.80. The summed E-state index contributed by atoms with van der Waals surface area (Å²) in [6, 6.07) is 4.42. The summed E-state index contributed by atoms with van der Waals surface area (Å²) in [4.78, 5) is 0. The number of nitrogens with one attached hydrogen (secondary N) is 1. The minimum Gasteiger partial charge on any atom is -0.496 e. The van der Waals surface area contributed by atoms with E-state index in [9.17, 15) is 9.50 Å². The van der Waals surface area contributed by atoms with Gasteiger partial charge in [-0.25, -0.2) is 4.39 Å². The largest absolute Gasteiger partial charge is 0.496 e. The zero-order chi connectivity index (χ0) is 17.0. The van der Waals surface area contributed by atoms with E-state index in [1.807, 2.05) is 0 Å². The number of rotatable bonds is 5. The molecule has 0 radical (unpaired) electrons. The van der Waals surface area contributed by atoms with Crippen LogP contribution in [-0.4, -0.2) is 56.8 Å². The van der Waals surface area contributed by atoms with Crippen LogP contribution in [0.2, 0.25) is 0 Å². The van der Waals surface area contributed by atoms with Crippen molar-refractivity contribution in [1.29, 1.82) is 0 Å². The molecule has 142 valence electrons. The summed E-state index contributed by atoms with van der Waals surface area (Å²) in [5, 5.41) is 14.9. The molecule has 0 amide bonds. The second-order valence-electron chi connectivity index (χ2n) is 6.57. The van der Waals surface area contributed by atoms with E-state index in [0.717, 1.165) is 19.4 Å². The number of aliphatic hydroxyl groups is 1. The molecule has 1 unspecified atom stereocenters. The number of benzene rings is 1. The number of methoxy groups -OCH3 is 1. The SMILES string of the molecule is COc1ccc(F)cc1CC(O)(C1CCOCC1)[C@@H]1CNCCO1.Cl. The summed E-state index contributed by atoms with van der Waals surface area (Å²) in [5.41, 5.74) is -0.418. The fraction of sp³-hybridized carbons (Fsp3) is 0.667. The summed E-state index contributed by atoms with van der Waals surface area (Å²) in [7, 11) is 1.56. The molecule has 2 aliphatic heterocycles. The van der Waals surface area contributed by atoms with Gasteiger partial charge in [0.25, 0.3) is 0 Å². The summed E-state index contributed by atoms with van der Waals surface area (Å²) in [5.74, 6) is 0.303.